The van der Waals surface area contributed by atoms with Crippen molar-refractivity contribution in [3.05, 3.63) is 36.1 Å². The van der Waals surface area contributed by atoms with Crippen molar-refractivity contribution in [1.82, 2.24) is 10.6 Å². The fourth-order valence-electron chi connectivity index (χ4n) is 3.43. The summed E-state index contributed by atoms with van der Waals surface area (Å²) in [7, 11) is 1.07. The molecule has 3 atom stereocenters. The van der Waals surface area contributed by atoms with Crippen molar-refractivity contribution in [2.75, 3.05) is 12.8 Å². The lowest BCUT2D eigenvalue weighted by Crippen LogP contribution is -2.46. The van der Waals surface area contributed by atoms with E-state index in [0.717, 1.165) is 54.1 Å². The second-order valence-corrected chi connectivity index (χ2v) is 8.48. The smallest absolute Gasteiger partial charge is 0.191 e. The highest BCUT2D eigenvalue weighted by Crippen LogP contribution is 2.23. The monoisotopic (exact) mass is 361 g/mol. The minimum Gasteiger partial charge on any atom is -0.459 e. The van der Waals surface area contributed by atoms with E-state index in [9.17, 15) is 4.21 Å². The molecule has 0 aliphatic heterocycles. The lowest BCUT2D eigenvalue weighted by Gasteiger charge is -2.30. The fraction of sp³-hybridized carbons (Fsp3) is 0.526. The molecule has 1 aromatic carbocycles. The normalized spacial score (nSPS) is 22.7. The van der Waals surface area contributed by atoms with Crippen molar-refractivity contribution in [3.63, 3.8) is 0 Å². The number of rotatable bonds is 5. The van der Waals surface area contributed by atoms with Crippen LogP contribution >= 0.6 is 0 Å². The Hall–Kier alpha value is -1.82. The summed E-state index contributed by atoms with van der Waals surface area (Å²) in [6.45, 7) is 2.59. The number of guanidine groups is 1. The SMILES string of the molecule is CCS(=O)C1CCCC(NC(=NC)NCc2cc3ccccc3o2)C1. The van der Waals surface area contributed by atoms with Crippen LogP contribution in [0.15, 0.2) is 39.7 Å². The van der Waals surface area contributed by atoms with Crippen molar-refractivity contribution in [2.24, 2.45) is 4.99 Å². The second kappa shape index (κ2) is 8.52. The predicted molar refractivity (Wildman–Crippen MR) is 104 cm³/mol. The molecule has 1 heterocycles. The molecule has 2 N–H and O–H groups in total. The van der Waals surface area contributed by atoms with E-state index in [1.165, 1.54) is 0 Å². The first-order valence-corrected chi connectivity index (χ1v) is 10.4. The minimum absolute atomic E-state index is 0.310. The molecule has 1 saturated carbocycles. The van der Waals surface area contributed by atoms with Gasteiger partial charge in [0, 0.05) is 40.3 Å². The lowest BCUT2D eigenvalue weighted by atomic mass is 9.95. The van der Waals surface area contributed by atoms with E-state index in [1.54, 1.807) is 7.05 Å². The molecule has 3 rings (SSSR count). The van der Waals surface area contributed by atoms with Gasteiger partial charge in [-0.25, -0.2) is 0 Å². The lowest BCUT2D eigenvalue weighted by molar-refractivity contribution is 0.412. The van der Waals surface area contributed by atoms with Gasteiger partial charge in [-0.1, -0.05) is 31.5 Å². The molecular weight excluding hydrogens is 334 g/mol. The minimum atomic E-state index is -0.709. The van der Waals surface area contributed by atoms with Crippen LogP contribution in [0.5, 0.6) is 0 Å². The number of nitrogens with zero attached hydrogens (tertiary/aromatic N) is 1. The van der Waals surface area contributed by atoms with Gasteiger partial charge >= 0.3 is 0 Å². The number of aliphatic imine (C=N–C) groups is 1. The first-order chi connectivity index (χ1) is 12.2. The number of benzene rings is 1. The van der Waals surface area contributed by atoms with Gasteiger partial charge in [0.2, 0.25) is 0 Å². The van der Waals surface area contributed by atoms with Crippen LogP contribution in [-0.4, -0.2) is 34.3 Å². The fourth-order valence-corrected chi connectivity index (χ4v) is 4.78. The molecule has 0 radical (unpaired) electrons. The van der Waals surface area contributed by atoms with Gasteiger partial charge in [0.15, 0.2) is 5.96 Å². The zero-order valence-electron chi connectivity index (χ0n) is 15.0. The Labute approximate surface area is 151 Å². The highest BCUT2D eigenvalue weighted by atomic mass is 32.2. The molecular formula is C19H27N3O2S. The largest absolute Gasteiger partial charge is 0.459 e. The summed E-state index contributed by atoms with van der Waals surface area (Å²) in [5, 5.41) is 8.22. The Bertz CT molecular complexity index is 723. The number of para-hydroxylation sites is 1. The Morgan fingerprint density at radius 2 is 2.20 bits per heavy atom. The predicted octanol–water partition coefficient (Wildman–Crippen LogP) is 3.18. The van der Waals surface area contributed by atoms with Crippen LogP contribution in [0.1, 0.15) is 38.4 Å². The Morgan fingerprint density at radius 1 is 1.36 bits per heavy atom. The molecule has 2 aromatic rings. The molecule has 0 saturated heterocycles. The van der Waals surface area contributed by atoms with Gasteiger partial charge < -0.3 is 15.1 Å². The first kappa shape index (κ1) is 18.0. The summed E-state index contributed by atoms with van der Waals surface area (Å²) in [5.74, 6) is 2.40. The van der Waals surface area contributed by atoms with Gasteiger partial charge in [0.05, 0.1) is 6.54 Å². The summed E-state index contributed by atoms with van der Waals surface area (Å²) in [6, 6.07) is 10.4. The van der Waals surface area contributed by atoms with E-state index in [4.69, 9.17) is 4.42 Å². The van der Waals surface area contributed by atoms with Crippen molar-refractivity contribution in [2.45, 2.75) is 50.4 Å². The first-order valence-electron chi connectivity index (χ1n) is 9.01. The second-order valence-electron chi connectivity index (χ2n) is 6.48. The standard InChI is InChI=1S/C19H27N3O2S/c1-3-25(23)17-9-6-8-15(12-17)22-19(20-2)21-13-16-11-14-7-4-5-10-18(14)24-16/h4-5,7,10-11,15,17H,3,6,8-9,12-13H2,1-2H3,(H2,20,21,22). The van der Waals surface area contributed by atoms with E-state index >= 15 is 0 Å². The molecule has 1 aromatic heterocycles. The molecule has 5 nitrogen and oxygen atoms in total. The van der Waals surface area contributed by atoms with Gasteiger partial charge in [0.1, 0.15) is 11.3 Å². The molecule has 3 unspecified atom stereocenters. The van der Waals surface area contributed by atoms with E-state index in [1.807, 2.05) is 31.2 Å². The summed E-state index contributed by atoms with van der Waals surface area (Å²) >= 11 is 0. The van der Waals surface area contributed by atoms with Crippen molar-refractivity contribution < 1.29 is 8.63 Å². The maximum Gasteiger partial charge on any atom is 0.191 e. The van der Waals surface area contributed by atoms with Crippen LogP contribution in [0.2, 0.25) is 0 Å². The summed E-state index contributed by atoms with van der Waals surface area (Å²) in [6.07, 6.45) is 4.24. The van der Waals surface area contributed by atoms with Crippen LogP contribution in [-0.2, 0) is 17.3 Å². The van der Waals surface area contributed by atoms with E-state index in [-0.39, 0.29) is 0 Å². The van der Waals surface area contributed by atoms with Crippen LogP contribution < -0.4 is 10.6 Å². The molecule has 6 heteroatoms. The average molecular weight is 362 g/mol. The zero-order valence-corrected chi connectivity index (χ0v) is 15.8. The molecule has 1 fully saturated rings. The quantitative estimate of drug-likeness (QED) is 0.634. The molecule has 0 amide bonds. The molecule has 0 bridgehead atoms. The van der Waals surface area contributed by atoms with Gasteiger partial charge in [-0.2, -0.15) is 0 Å². The Morgan fingerprint density at radius 3 is 2.96 bits per heavy atom. The Balaban J connectivity index is 1.55. The van der Waals surface area contributed by atoms with Crippen LogP contribution in [0.25, 0.3) is 11.0 Å². The average Bonchev–Trinajstić information content (AvgIpc) is 3.07. The summed E-state index contributed by atoms with van der Waals surface area (Å²) < 4.78 is 17.9. The topological polar surface area (TPSA) is 66.6 Å². The van der Waals surface area contributed by atoms with Crippen LogP contribution in [0.4, 0.5) is 0 Å². The van der Waals surface area contributed by atoms with E-state index in [0.29, 0.717) is 17.8 Å². The highest BCUT2D eigenvalue weighted by Gasteiger charge is 2.26. The van der Waals surface area contributed by atoms with Gasteiger partial charge in [-0.3, -0.25) is 9.20 Å². The number of fused-ring (bicyclic) bond motifs is 1. The van der Waals surface area contributed by atoms with Crippen LogP contribution in [0, 0.1) is 0 Å². The van der Waals surface area contributed by atoms with E-state index < -0.39 is 10.8 Å². The highest BCUT2D eigenvalue weighted by molar-refractivity contribution is 7.85. The zero-order chi connectivity index (χ0) is 17.6. The Kier molecular flexibility index (Phi) is 6.13. The third-order valence-electron chi connectivity index (χ3n) is 4.75. The van der Waals surface area contributed by atoms with Crippen LogP contribution in [0.3, 0.4) is 0 Å². The third kappa shape index (κ3) is 4.63. The number of hydrogen-bond donors (Lipinski definition) is 2. The van der Waals surface area contributed by atoms with Gasteiger partial charge in [-0.05, 0) is 31.4 Å². The van der Waals surface area contributed by atoms with Gasteiger partial charge in [-0.15, -0.1) is 0 Å². The molecule has 25 heavy (non-hydrogen) atoms. The molecule has 1 aliphatic carbocycles. The van der Waals surface area contributed by atoms with Gasteiger partial charge in [0.25, 0.3) is 0 Å². The summed E-state index contributed by atoms with van der Waals surface area (Å²) in [5.41, 5.74) is 0.902. The molecule has 136 valence electrons. The van der Waals surface area contributed by atoms with Crippen molar-refractivity contribution in [1.29, 1.82) is 0 Å². The summed E-state index contributed by atoms with van der Waals surface area (Å²) in [4.78, 5) is 4.32. The maximum absolute atomic E-state index is 12.1. The third-order valence-corrected chi connectivity index (χ3v) is 6.49. The number of furan rings is 1. The number of nitrogens with one attached hydrogen (secondary N) is 2. The van der Waals surface area contributed by atoms with Crippen molar-refractivity contribution >= 4 is 27.7 Å². The number of hydrogen-bond acceptors (Lipinski definition) is 3. The van der Waals surface area contributed by atoms with Crippen molar-refractivity contribution in [3.8, 4) is 0 Å². The maximum atomic E-state index is 12.1. The van der Waals surface area contributed by atoms with E-state index in [2.05, 4.69) is 21.7 Å². The molecule has 1 aliphatic rings. The molecule has 0 spiro atoms.